The predicted molar refractivity (Wildman–Crippen MR) is 105 cm³/mol. The number of alkyl halides is 3. The normalized spacial score (nSPS) is 11.2. The van der Waals surface area contributed by atoms with Crippen LogP contribution in [-0.4, -0.2) is 4.37 Å². The van der Waals surface area contributed by atoms with Crippen LogP contribution in [0.4, 0.5) is 22.0 Å². The molecule has 1 aromatic heterocycles. The number of nitrogens with zero attached hydrogens (tertiary/aromatic N) is 1. The Morgan fingerprint density at radius 1 is 1.10 bits per heavy atom. The van der Waals surface area contributed by atoms with Gasteiger partial charge in [0.15, 0.2) is 17.4 Å². The van der Waals surface area contributed by atoms with Crippen LogP contribution in [0, 0.1) is 23.5 Å². The van der Waals surface area contributed by atoms with E-state index in [4.69, 9.17) is 16.3 Å². The minimum absolute atomic E-state index is 0.00948. The third-order valence-corrected chi connectivity index (χ3v) is 5.12. The van der Waals surface area contributed by atoms with Crippen molar-refractivity contribution in [3.63, 3.8) is 0 Å². The van der Waals surface area contributed by atoms with Crippen LogP contribution in [-0.2, 0) is 12.8 Å². The van der Waals surface area contributed by atoms with Gasteiger partial charge in [-0.05, 0) is 35.8 Å². The van der Waals surface area contributed by atoms with E-state index in [1.54, 1.807) is 6.92 Å². The molecule has 0 spiro atoms. The van der Waals surface area contributed by atoms with E-state index in [9.17, 15) is 22.0 Å². The molecular formula is C21H13ClF5NOS. The lowest BCUT2D eigenvalue weighted by Gasteiger charge is -2.12. The van der Waals surface area contributed by atoms with E-state index in [1.807, 2.05) is 0 Å². The van der Waals surface area contributed by atoms with E-state index in [1.165, 1.54) is 24.3 Å². The topological polar surface area (TPSA) is 22.1 Å². The summed E-state index contributed by atoms with van der Waals surface area (Å²) in [6, 6.07) is 7.95. The molecule has 156 valence electrons. The lowest BCUT2D eigenvalue weighted by molar-refractivity contribution is -0.135. The molecule has 0 bridgehead atoms. The lowest BCUT2D eigenvalue weighted by Crippen LogP contribution is -2.09. The summed E-state index contributed by atoms with van der Waals surface area (Å²) in [4.78, 5) is -1.00. The zero-order valence-corrected chi connectivity index (χ0v) is 17.0. The van der Waals surface area contributed by atoms with Crippen molar-refractivity contribution < 1.29 is 26.7 Å². The maximum atomic E-state index is 14.3. The third kappa shape index (κ3) is 4.91. The highest BCUT2D eigenvalue weighted by atomic mass is 35.5. The molecule has 0 aliphatic heterocycles. The molecule has 1 heterocycles. The smallest absolute Gasteiger partial charge is 0.427 e. The van der Waals surface area contributed by atoms with Gasteiger partial charge in [0.25, 0.3) is 0 Å². The van der Waals surface area contributed by atoms with E-state index in [0.29, 0.717) is 17.0 Å². The highest BCUT2D eigenvalue weighted by Crippen LogP contribution is 2.40. The number of halogens is 6. The van der Waals surface area contributed by atoms with Gasteiger partial charge in [-0.3, -0.25) is 0 Å². The van der Waals surface area contributed by atoms with Gasteiger partial charge in [0.2, 0.25) is 0 Å². The number of aromatic nitrogens is 1. The predicted octanol–water partition coefficient (Wildman–Crippen LogP) is 7.10. The van der Waals surface area contributed by atoms with Crippen molar-refractivity contribution in [3.8, 4) is 28.8 Å². The highest BCUT2D eigenvalue weighted by Gasteiger charge is 2.38. The van der Waals surface area contributed by atoms with Crippen LogP contribution in [0.2, 0.25) is 5.02 Å². The van der Waals surface area contributed by atoms with Gasteiger partial charge >= 0.3 is 6.18 Å². The van der Waals surface area contributed by atoms with Crippen LogP contribution < -0.4 is 4.74 Å². The molecule has 0 saturated carbocycles. The Morgan fingerprint density at radius 3 is 2.30 bits per heavy atom. The molecule has 2 aromatic carbocycles. The second kappa shape index (κ2) is 9.02. The van der Waals surface area contributed by atoms with E-state index in [2.05, 4.69) is 16.2 Å². The number of hydrogen-bond donors (Lipinski definition) is 0. The molecule has 2 nitrogen and oxygen atoms in total. The molecule has 0 radical (unpaired) electrons. The van der Waals surface area contributed by atoms with Crippen LogP contribution >= 0.6 is 23.1 Å². The minimum atomic E-state index is -4.70. The first-order valence-electron chi connectivity index (χ1n) is 8.63. The van der Waals surface area contributed by atoms with Crippen molar-refractivity contribution in [3.05, 3.63) is 69.1 Å². The molecule has 0 saturated heterocycles. The Bertz CT molecular complexity index is 1090. The first kappa shape index (κ1) is 22.1. The van der Waals surface area contributed by atoms with Gasteiger partial charge in [0.05, 0.1) is 5.69 Å². The molecule has 0 atom stereocenters. The number of ether oxygens (including phenoxy) is 1. The van der Waals surface area contributed by atoms with E-state index >= 15 is 0 Å². The van der Waals surface area contributed by atoms with Crippen molar-refractivity contribution in [1.29, 1.82) is 0 Å². The fraction of sp³-hybridized carbons (Fsp3) is 0.190. The van der Waals surface area contributed by atoms with Crippen LogP contribution in [0.15, 0.2) is 36.4 Å². The largest absolute Gasteiger partial charge is 0.483 e. The molecule has 3 aromatic rings. The highest BCUT2D eigenvalue weighted by molar-refractivity contribution is 7.06. The average molecular weight is 458 g/mol. The van der Waals surface area contributed by atoms with Gasteiger partial charge in [0, 0.05) is 28.1 Å². The first-order valence-corrected chi connectivity index (χ1v) is 9.78. The molecule has 0 aliphatic carbocycles. The van der Waals surface area contributed by atoms with Crippen molar-refractivity contribution in [2.24, 2.45) is 0 Å². The standard InChI is InChI=1S/C21H13ClF5NOS/c1-2-3-4-12-9-16(23)19(17(24)10-12)29-11-15-18(13-5-7-14(22)8-6-13)28-30-20(15)21(25,26)27/h5-10H,2,11H2,1H3. The van der Waals surface area contributed by atoms with Crippen molar-refractivity contribution >= 4 is 23.1 Å². The minimum Gasteiger partial charge on any atom is -0.483 e. The van der Waals surface area contributed by atoms with Gasteiger partial charge in [-0.25, -0.2) is 8.78 Å². The summed E-state index contributed by atoms with van der Waals surface area (Å²) in [5.74, 6) is 2.37. The fourth-order valence-corrected chi connectivity index (χ4v) is 3.50. The summed E-state index contributed by atoms with van der Waals surface area (Å²) >= 11 is 6.07. The molecule has 0 N–H and O–H groups in total. The first-order chi connectivity index (χ1) is 14.2. The Kier molecular flexibility index (Phi) is 6.64. The third-order valence-electron chi connectivity index (χ3n) is 3.93. The molecule has 0 fully saturated rings. The summed E-state index contributed by atoms with van der Waals surface area (Å²) in [6.07, 6.45) is -4.20. The summed E-state index contributed by atoms with van der Waals surface area (Å²) < 4.78 is 77.9. The molecule has 0 unspecified atom stereocenters. The Hall–Kier alpha value is -2.63. The van der Waals surface area contributed by atoms with Gasteiger partial charge < -0.3 is 4.74 Å². The van der Waals surface area contributed by atoms with E-state index < -0.39 is 35.0 Å². The maximum absolute atomic E-state index is 14.3. The molecule has 0 aliphatic rings. The number of rotatable bonds is 4. The van der Waals surface area contributed by atoms with Crippen LogP contribution in [0.5, 0.6) is 5.75 Å². The van der Waals surface area contributed by atoms with E-state index in [0.717, 1.165) is 12.1 Å². The SMILES string of the molecule is CCC#Cc1cc(F)c(OCc2c(-c3ccc(Cl)cc3)nsc2C(F)(F)F)c(F)c1. The molecule has 0 amide bonds. The molecular weight excluding hydrogens is 445 g/mol. The number of benzene rings is 2. The van der Waals surface area contributed by atoms with Gasteiger partial charge in [-0.15, -0.1) is 0 Å². The summed E-state index contributed by atoms with van der Waals surface area (Å²) in [5, 5.41) is 0.401. The molecule has 30 heavy (non-hydrogen) atoms. The second-order valence-electron chi connectivity index (χ2n) is 6.06. The second-order valence-corrected chi connectivity index (χ2v) is 7.27. The summed E-state index contributed by atoms with van der Waals surface area (Å²) in [7, 11) is 0. The van der Waals surface area contributed by atoms with Gasteiger partial charge in [0.1, 0.15) is 11.5 Å². The van der Waals surface area contributed by atoms with Crippen molar-refractivity contribution in [2.75, 3.05) is 0 Å². The summed E-state index contributed by atoms with van der Waals surface area (Å²) in [6.45, 7) is 1.06. The zero-order chi connectivity index (χ0) is 21.9. The Morgan fingerprint density at radius 2 is 1.73 bits per heavy atom. The molecule has 3 rings (SSSR count). The van der Waals surface area contributed by atoms with E-state index in [-0.39, 0.29) is 28.4 Å². The molecule has 9 heteroatoms. The Labute approximate surface area is 178 Å². The number of hydrogen-bond acceptors (Lipinski definition) is 3. The van der Waals surface area contributed by atoms with Crippen LogP contribution in [0.3, 0.4) is 0 Å². The summed E-state index contributed by atoms with van der Waals surface area (Å²) in [5.41, 5.74) is 0.170. The quantitative estimate of drug-likeness (QED) is 0.308. The average Bonchev–Trinajstić information content (AvgIpc) is 3.10. The van der Waals surface area contributed by atoms with Gasteiger partial charge in [-0.2, -0.15) is 17.5 Å². The van der Waals surface area contributed by atoms with Crippen molar-refractivity contribution in [2.45, 2.75) is 26.1 Å². The van der Waals surface area contributed by atoms with Crippen LogP contribution in [0.25, 0.3) is 11.3 Å². The van der Waals surface area contributed by atoms with Crippen molar-refractivity contribution in [1.82, 2.24) is 4.37 Å². The zero-order valence-electron chi connectivity index (χ0n) is 15.4. The Balaban J connectivity index is 1.96. The fourth-order valence-electron chi connectivity index (χ4n) is 2.61. The monoisotopic (exact) mass is 457 g/mol. The van der Waals surface area contributed by atoms with Crippen LogP contribution in [0.1, 0.15) is 29.3 Å². The van der Waals surface area contributed by atoms with Gasteiger partial charge in [-0.1, -0.05) is 42.5 Å². The lowest BCUT2D eigenvalue weighted by atomic mass is 10.1. The maximum Gasteiger partial charge on any atom is 0.427 e.